The Balaban J connectivity index is 1.69. The third-order valence-corrected chi connectivity index (χ3v) is 7.35. The van der Waals surface area contributed by atoms with Crippen LogP contribution >= 0.6 is 0 Å². The van der Waals surface area contributed by atoms with Crippen molar-refractivity contribution in [3.8, 4) is 17.2 Å². The number of aliphatic hydroxyl groups is 1. The number of esters is 1. The van der Waals surface area contributed by atoms with E-state index in [1.54, 1.807) is 49.5 Å². The highest BCUT2D eigenvalue weighted by Gasteiger charge is 2.71. The number of carbonyl (C=O) groups excluding carboxylic acids is 2. The van der Waals surface area contributed by atoms with Crippen molar-refractivity contribution in [3.05, 3.63) is 59.9 Å². The molecule has 1 aromatic carbocycles. The quantitative estimate of drug-likeness (QED) is 0.631. The van der Waals surface area contributed by atoms with Gasteiger partial charge in [0.1, 0.15) is 17.6 Å². The zero-order valence-corrected chi connectivity index (χ0v) is 19.2. The number of halogens is 2. The molecular formula is C26H25F2N3O4. The van der Waals surface area contributed by atoms with E-state index in [4.69, 9.17) is 10.5 Å². The highest BCUT2D eigenvalue weighted by Crippen LogP contribution is 2.60. The first-order valence-electron chi connectivity index (χ1n) is 11.2. The molecule has 6 unspecified atom stereocenters. The first kappa shape index (κ1) is 24.5. The van der Waals surface area contributed by atoms with Crippen LogP contribution in [0.15, 0.2) is 48.7 Å². The van der Waals surface area contributed by atoms with Crippen molar-refractivity contribution in [2.45, 2.75) is 38.4 Å². The van der Waals surface area contributed by atoms with Gasteiger partial charge in [-0.3, -0.25) is 14.6 Å². The number of nitrogens with two attached hydrogens (primary N) is 1. The van der Waals surface area contributed by atoms with Gasteiger partial charge in [0.05, 0.1) is 17.3 Å². The molecule has 1 aliphatic heterocycles. The van der Waals surface area contributed by atoms with Gasteiger partial charge in [0.2, 0.25) is 5.91 Å². The van der Waals surface area contributed by atoms with Crippen molar-refractivity contribution in [2.75, 3.05) is 0 Å². The maximum absolute atomic E-state index is 15.1. The molecule has 6 atom stereocenters. The van der Waals surface area contributed by atoms with E-state index in [0.29, 0.717) is 11.3 Å². The minimum absolute atomic E-state index is 0.475. The van der Waals surface area contributed by atoms with Gasteiger partial charge in [-0.15, -0.1) is 0 Å². The van der Waals surface area contributed by atoms with Gasteiger partial charge in [-0.05, 0) is 31.1 Å². The Hall–Kier alpha value is -3.64. The number of amides is 1. The summed E-state index contributed by atoms with van der Waals surface area (Å²) in [5, 5.41) is 19.9. The smallest absolute Gasteiger partial charge is 0.316 e. The molecule has 2 heterocycles. The van der Waals surface area contributed by atoms with Gasteiger partial charge in [-0.1, -0.05) is 37.3 Å². The minimum atomic E-state index is -3.36. The predicted molar refractivity (Wildman–Crippen MR) is 122 cm³/mol. The van der Waals surface area contributed by atoms with E-state index in [0.717, 1.165) is 11.1 Å². The number of nitriles is 1. The molecule has 9 heteroatoms. The fourth-order valence-corrected chi connectivity index (χ4v) is 5.53. The third-order valence-electron chi connectivity index (χ3n) is 7.35. The number of rotatable bonds is 5. The molecule has 2 aliphatic rings. The van der Waals surface area contributed by atoms with E-state index in [-0.39, 0.29) is 0 Å². The summed E-state index contributed by atoms with van der Waals surface area (Å²) in [6.07, 6.45) is 0.767. The van der Waals surface area contributed by atoms with Gasteiger partial charge in [0.15, 0.2) is 0 Å². The zero-order valence-electron chi connectivity index (χ0n) is 19.2. The Morgan fingerprint density at radius 2 is 2.03 bits per heavy atom. The summed E-state index contributed by atoms with van der Waals surface area (Å²) in [6.45, 7) is 2.94. The Labute approximate surface area is 201 Å². The molecule has 1 amide bonds. The molecule has 1 saturated carbocycles. The second-order valence-electron chi connectivity index (χ2n) is 9.27. The molecular weight excluding hydrogens is 456 g/mol. The number of aromatic nitrogens is 1. The Bertz CT molecular complexity index is 1220. The van der Waals surface area contributed by atoms with Gasteiger partial charge in [0.25, 0.3) is 5.92 Å². The van der Waals surface area contributed by atoms with Gasteiger partial charge in [-0.2, -0.15) is 5.26 Å². The lowest BCUT2D eigenvalue weighted by Crippen LogP contribution is -2.61. The molecule has 35 heavy (non-hydrogen) atoms. The highest BCUT2D eigenvalue weighted by molar-refractivity contribution is 5.90. The summed E-state index contributed by atoms with van der Waals surface area (Å²) in [6, 6.07) is 12.7. The van der Waals surface area contributed by atoms with E-state index in [9.17, 15) is 20.0 Å². The standard InChI is InChI=1S/C26H25F2N3O4/c1-14-19(10-9-18-8-7-17(12-31-18)20-6-4-3-5-16(20)11-29)21-15(2)35-24(34)25(21,13-26(14,27)28)22(32)23(30)33/h3-10,12,14-15,19,21-22,32H,13H2,1-2H3,(H2,30,33). The van der Waals surface area contributed by atoms with Crippen LogP contribution in [0.25, 0.3) is 17.2 Å². The van der Waals surface area contributed by atoms with Crippen LogP contribution < -0.4 is 5.73 Å². The Morgan fingerprint density at radius 3 is 2.66 bits per heavy atom. The van der Waals surface area contributed by atoms with Crippen molar-refractivity contribution >= 4 is 18.0 Å². The lowest BCUT2D eigenvalue weighted by atomic mass is 9.54. The number of aliphatic hydroxyl groups excluding tert-OH is 1. The number of pyridine rings is 1. The largest absolute Gasteiger partial charge is 0.462 e. The van der Waals surface area contributed by atoms with Crippen LogP contribution in [-0.4, -0.2) is 40.1 Å². The minimum Gasteiger partial charge on any atom is -0.462 e. The number of alkyl halides is 2. The number of ether oxygens (including phenoxy) is 1. The molecule has 7 nitrogen and oxygen atoms in total. The summed E-state index contributed by atoms with van der Waals surface area (Å²) < 4.78 is 35.6. The summed E-state index contributed by atoms with van der Waals surface area (Å²) in [5.74, 6) is -8.63. The van der Waals surface area contributed by atoms with E-state index < -0.39 is 59.6 Å². The number of hydrogen-bond donors (Lipinski definition) is 2. The maximum atomic E-state index is 15.1. The molecule has 1 aliphatic carbocycles. The topological polar surface area (TPSA) is 126 Å². The molecule has 0 radical (unpaired) electrons. The zero-order chi connectivity index (χ0) is 25.5. The lowest BCUT2D eigenvalue weighted by Gasteiger charge is -2.48. The molecule has 2 aromatic rings. The maximum Gasteiger partial charge on any atom is 0.316 e. The molecule has 2 fully saturated rings. The number of primary amides is 1. The summed E-state index contributed by atoms with van der Waals surface area (Å²) in [4.78, 5) is 28.9. The van der Waals surface area contributed by atoms with Crippen molar-refractivity contribution in [1.29, 1.82) is 5.26 Å². The van der Waals surface area contributed by atoms with Crippen LogP contribution in [0.4, 0.5) is 8.78 Å². The van der Waals surface area contributed by atoms with E-state index >= 15 is 8.78 Å². The third kappa shape index (κ3) is 3.98. The molecule has 4 rings (SSSR count). The summed E-state index contributed by atoms with van der Waals surface area (Å²) in [5.41, 5.74) is 5.54. The molecule has 0 bridgehead atoms. The first-order chi connectivity index (χ1) is 16.5. The number of benzene rings is 1. The summed E-state index contributed by atoms with van der Waals surface area (Å²) >= 11 is 0. The second kappa shape index (κ2) is 8.86. The number of hydrogen-bond acceptors (Lipinski definition) is 6. The highest BCUT2D eigenvalue weighted by atomic mass is 19.3. The molecule has 3 N–H and O–H groups in total. The second-order valence-corrected chi connectivity index (χ2v) is 9.27. The monoisotopic (exact) mass is 481 g/mol. The molecule has 0 spiro atoms. The van der Waals surface area contributed by atoms with Gasteiger partial charge in [-0.25, -0.2) is 8.78 Å². The molecule has 1 saturated heterocycles. The number of nitrogens with zero attached hydrogens (tertiary/aromatic N) is 2. The van der Waals surface area contributed by atoms with Crippen LogP contribution in [0.5, 0.6) is 0 Å². The fraction of sp³-hybridized carbons (Fsp3) is 0.385. The lowest BCUT2D eigenvalue weighted by molar-refractivity contribution is -0.192. The van der Waals surface area contributed by atoms with E-state index in [1.807, 2.05) is 6.07 Å². The van der Waals surface area contributed by atoms with Crippen LogP contribution in [0.1, 0.15) is 31.5 Å². The average molecular weight is 481 g/mol. The van der Waals surface area contributed by atoms with E-state index in [2.05, 4.69) is 11.1 Å². The Morgan fingerprint density at radius 1 is 1.31 bits per heavy atom. The van der Waals surface area contributed by atoms with Crippen molar-refractivity contribution in [3.63, 3.8) is 0 Å². The van der Waals surface area contributed by atoms with Crippen molar-refractivity contribution in [1.82, 2.24) is 4.98 Å². The van der Waals surface area contributed by atoms with Crippen LogP contribution in [0.2, 0.25) is 0 Å². The normalized spacial score (nSPS) is 30.3. The summed E-state index contributed by atoms with van der Waals surface area (Å²) in [7, 11) is 0. The first-order valence-corrected chi connectivity index (χ1v) is 11.2. The number of fused-ring (bicyclic) bond motifs is 1. The number of allylic oxidation sites excluding steroid dienone is 1. The van der Waals surface area contributed by atoms with Crippen molar-refractivity contribution in [2.24, 2.45) is 28.9 Å². The molecule has 182 valence electrons. The number of carbonyl (C=O) groups is 2. The SMILES string of the molecule is CC1OC(=O)C2(C(O)C(N)=O)CC(F)(F)C(C)C(C=Cc3ccc(-c4ccccc4C#N)cn3)C12. The van der Waals surface area contributed by atoms with Crippen LogP contribution in [0.3, 0.4) is 0 Å². The van der Waals surface area contributed by atoms with Crippen molar-refractivity contribution < 1.29 is 28.2 Å². The van der Waals surface area contributed by atoms with Gasteiger partial charge in [0, 0.05) is 35.6 Å². The van der Waals surface area contributed by atoms with Gasteiger partial charge >= 0.3 is 5.97 Å². The van der Waals surface area contributed by atoms with Crippen LogP contribution in [0, 0.1) is 34.5 Å². The average Bonchev–Trinajstić information content (AvgIpc) is 3.08. The van der Waals surface area contributed by atoms with Crippen LogP contribution in [-0.2, 0) is 14.3 Å². The van der Waals surface area contributed by atoms with Gasteiger partial charge < -0.3 is 15.6 Å². The predicted octanol–water partition coefficient (Wildman–Crippen LogP) is 3.32. The molecule has 1 aromatic heterocycles. The fourth-order valence-electron chi connectivity index (χ4n) is 5.53. The number of cyclic esters (lactones) is 1. The van der Waals surface area contributed by atoms with E-state index in [1.165, 1.54) is 13.0 Å². The Kier molecular flexibility index (Phi) is 6.20.